The van der Waals surface area contributed by atoms with Gasteiger partial charge in [-0.3, -0.25) is 4.90 Å². The summed E-state index contributed by atoms with van der Waals surface area (Å²) in [6.45, 7) is 5.60. The molecule has 0 saturated carbocycles. The van der Waals surface area contributed by atoms with E-state index >= 15 is 0 Å². The van der Waals surface area contributed by atoms with Gasteiger partial charge in [-0.1, -0.05) is 54.6 Å². The summed E-state index contributed by atoms with van der Waals surface area (Å²) in [6, 6.07) is 20.5. The first kappa shape index (κ1) is 21.0. The van der Waals surface area contributed by atoms with E-state index in [0.717, 1.165) is 32.7 Å². The highest BCUT2D eigenvalue weighted by atomic mass is 15.1. The highest BCUT2D eigenvalue weighted by Gasteiger charge is 2.13. The maximum atomic E-state index is 2.65. The molecule has 0 aliphatic heterocycles. The number of rotatable bonds is 10. The van der Waals surface area contributed by atoms with Gasteiger partial charge in [-0.05, 0) is 105 Å². The van der Waals surface area contributed by atoms with Gasteiger partial charge < -0.3 is 9.80 Å². The molecule has 158 valence electrons. The third-order valence-electron chi connectivity index (χ3n) is 6.17. The Kier molecular flexibility index (Phi) is 6.52. The molecule has 0 unspecified atom stereocenters. The van der Waals surface area contributed by atoms with E-state index in [1.165, 1.54) is 50.7 Å². The summed E-state index contributed by atoms with van der Waals surface area (Å²) < 4.78 is 0. The fourth-order valence-electron chi connectivity index (χ4n) is 4.67. The number of hydrogen-bond donors (Lipinski definition) is 0. The molecule has 30 heavy (non-hydrogen) atoms. The fourth-order valence-corrected chi connectivity index (χ4v) is 4.67. The van der Waals surface area contributed by atoms with Gasteiger partial charge in [-0.25, -0.2) is 0 Å². The van der Waals surface area contributed by atoms with E-state index in [2.05, 4.69) is 97.5 Å². The number of hydrogen-bond acceptors (Lipinski definition) is 3. The molecule has 3 nitrogen and oxygen atoms in total. The van der Waals surface area contributed by atoms with Gasteiger partial charge in [0.25, 0.3) is 0 Å². The lowest BCUT2D eigenvalue weighted by molar-refractivity contribution is 0.234. The Labute approximate surface area is 181 Å². The Morgan fingerprint density at radius 1 is 0.567 bits per heavy atom. The maximum Gasteiger partial charge on any atom is 0.0239 e. The van der Waals surface area contributed by atoms with Crippen LogP contribution in [0.15, 0.2) is 54.6 Å². The van der Waals surface area contributed by atoms with Gasteiger partial charge >= 0.3 is 0 Å². The molecular weight excluding hydrogens is 366 g/mol. The van der Waals surface area contributed by atoms with E-state index < -0.39 is 0 Å². The molecule has 0 bridgehead atoms. The summed E-state index contributed by atoms with van der Waals surface area (Å²) in [6.07, 6.45) is 2.42. The fraction of sp³-hybridized carbons (Fsp3) is 0.407. The predicted molar refractivity (Wildman–Crippen MR) is 132 cm³/mol. The summed E-state index contributed by atoms with van der Waals surface area (Å²) in [7, 11) is 8.66. The quantitative estimate of drug-likeness (QED) is 0.334. The lowest BCUT2D eigenvalue weighted by Crippen LogP contribution is -2.30. The van der Waals surface area contributed by atoms with E-state index in [1.54, 1.807) is 0 Å². The highest BCUT2D eigenvalue weighted by molar-refractivity contribution is 6.23. The van der Waals surface area contributed by atoms with Gasteiger partial charge in [0, 0.05) is 6.54 Å². The summed E-state index contributed by atoms with van der Waals surface area (Å²) in [5.41, 5.74) is 1.45. The summed E-state index contributed by atoms with van der Waals surface area (Å²) in [4.78, 5) is 7.22. The number of nitrogens with zero attached hydrogens (tertiary/aromatic N) is 3. The molecular formula is C27H35N3. The van der Waals surface area contributed by atoms with Gasteiger partial charge in [0.1, 0.15) is 0 Å². The summed E-state index contributed by atoms with van der Waals surface area (Å²) in [5, 5.41) is 8.31. The molecule has 0 aromatic heterocycles. The Bertz CT molecular complexity index is 1070. The Balaban J connectivity index is 1.65. The van der Waals surface area contributed by atoms with Crippen molar-refractivity contribution in [3.05, 3.63) is 60.2 Å². The van der Waals surface area contributed by atoms with Crippen LogP contribution in [0.3, 0.4) is 0 Å². The molecule has 0 aliphatic carbocycles. The van der Waals surface area contributed by atoms with E-state index in [4.69, 9.17) is 0 Å². The predicted octanol–water partition coefficient (Wildman–Crippen LogP) is 5.29. The zero-order valence-electron chi connectivity index (χ0n) is 19.0. The van der Waals surface area contributed by atoms with Crippen molar-refractivity contribution in [1.29, 1.82) is 0 Å². The van der Waals surface area contributed by atoms with Gasteiger partial charge in [-0.2, -0.15) is 0 Å². The van der Waals surface area contributed by atoms with Crippen molar-refractivity contribution in [2.45, 2.75) is 19.4 Å². The topological polar surface area (TPSA) is 9.72 Å². The van der Waals surface area contributed by atoms with Crippen molar-refractivity contribution in [2.24, 2.45) is 0 Å². The van der Waals surface area contributed by atoms with Crippen molar-refractivity contribution in [3.8, 4) is 0 Å². The van der Waals surface area contributed by atoms with E-state index in [9.17, 15) is 0 Å². The molecule has 3 heteroatoms. The zero-order valence-corrected chi connectivity index (χ0v) is 19.0. The third kappa shape index (κ3) is 4.59. The van der Waals surface area contributed by atoms with Crippen LogP contribution in [-0.2, 0) is 6.54 Å². The van der Waals surface area contributed by atoms with Gasteiger partial charge in [0.05, 0.1) is 0 Å². The van der Waals surface area contributed by atoms with Crippen molar-refractivity contribution < 1.29 is 0 Å². The van der Waals surface area contributed by atoms with Gasteiger partial charge in [0.15, 0.2) is 0 Å². The van der Waals surface area contributed by atoms with Crippen molar-refractivity contribution >= 4 is 32.3 Å². The monoisotopic (exact) mass is 401 g/mol. The molecule has 4 aromatic carbocycles. The summed E-state index contributed by atoms with van der Waals surface area (Å²) in [5.74, 6) is 0. The van der Waals surface area contributed by atoms with Gasteiger partial charge in [0.2, 0.25) is 0 Å². The third-order valence-corrected chi connectivity index (χ3v) is 6.17. The van der Waals surface area contributed by atoms with Crippen LogP contribution in [0.25, 0.3) is 32.3 Å². The van der Waals surface area contributed by atoms with Crippen LogP contribution in [0.1, 0.15) is 18.4 Å². The molecule has 0 atom stereocenters. The van der Waals surface area contributed by atoms with Crippen LogP contribution >= 0.6 is 0 Å². The minimum atomic E-state index is 1.02. The van der Waals surface area contributed by atoms with E-state index in [-0.39, 0.29) is 0 Å². The smallest absolute Gasteiger partial charge is 0.0239 e. The Morgan fingerprint density at radius 3 is 1.70 bits per heavy atom. The molecule has 0 saturated heterocycles. The van der Waals surface area contributed by atoms with Crippen LogP contribution in [0.2, 0.25) is 0 Å². The van der Waals surface area contributed by atoms with E-state index in [1.807, 2.05) is 0 Å². The molecule has 0 fully saturated rings. The second-order valence-electron chi connectivity index (χ2n) is 9.17. The standard InChI is InChI=1S/C27H35N3/c1-28(2)16-6-18-30(19-7-17-29(3)4)20-24-13-12-23-11-10-21-8-5-9-22-14-15-25(24)27(23)26(21)22/h5,8-15H,6-7,16-20H2,1-4H3. The van der Waals surface area contributed by atoms with Crippen molar-refractivity contribution in [1.82, 2.24) is 14.7 Å². The Morgan fingerprint density at radius 2 is 1.10 bits per heavy atom. The Hall–Kier alpha value is -2.20. The molecule has 4 aromatic rings. The zero-order chi connectivity index (χ0) is 21.1. The first-order valence-electron chi connectivity index (χ1n) is 11.2. The normalized spacial score (nSPS) is 12.5. The van der Waals surface area contributed by atoms with Gasteiger partial charge in [-0.15, -0.1) is 0 Å². The average Bonchev–Trinajstić information content (AvgIpc) is 2.72. The lowest BCUT2D eigenvalue weighted by Gasteiger charge is -2.25. The molecule has 0 aliphatic rings. The van der Waals surface area contributed by atoms with Crippen LogP contribution in [0, 0.1) is 0 Å². The van der Waals surface area contributed by atoms with Crippen molar-refractivity contribution in [3.63, 3.8) is 0 Å². The van der Waals surface area contributed by atoms with Crippen molar-refractivity contribution in [2.75, 3.05) is 54.4 Å². The van der Waals surface area contributed by atoms with Crippen LogP contribution in [0.5, 0.6) is 0 Å². The molecule has 4 rings (SSSR count). The largest absolute Gasteiger partial charge is 0.309 e. The summed E-state index contributed by atoms with van der Waals surface area (Å²) >= 11 is 0. The minimum Gasteiger partial charge on any atom is -0.309 e. The first-order valence-corrected chi connectivity index (χ1v) is 11.2. The molecule has 0 heterocycles. The molecule has 0 amide bonds. The molecule has 0 spiro atoms. The van der Waals surface area contributed by atoms with Crippen LogP contribution < -0.4 is 0 Å². The lowest BCUT2D eigenvalue weighted by atomic mass is 9.92. The van der Waals surface area contributed by atoms with Crippen LogP contribution in [0.4, 0.5) is 0 Å². The minimum absolute atomic E-state index is 1.02. The first-order chi connectivity index (χ1) is 14.5. The van der Waals surface area contributed by atoms with E-state index in [0.29, 0.717) is 0 Å². The van der Waals surface area contributed by atoms with Crippen LogP contribution in [-0.4, -0.2) is 69.1 Å². The number of benzene rings is 4. The average molecular weight is 402 g/mol. The second kappa shape index (κ2) is 9.30. The SMILES string of the molecule is CN(C)CCCN(CCCN(C)C)Cc1ccc2ccc3cccc4ccc1c2c34. The second-order valence-corrected chi connectivity index (χ2v) is 9.17. The maximum absolute atomic E-state index is 2.65. The molecule has 0 radical (unpaired) electrons. The molecule has 0 N–H and O–H groups in total. The highest BCUT2D eigenvalue weighted by Crippen LogP contribution is 2.36.